The summed E-state index contributed by atoms with van der Waals surface area (Å²) < 4.78 is 0. The van der Waals surface area contributed by atoms with E-state index in [1.165, 1.54) is 56.1 Å². The summed E-state index contributed by atoms with van der Waals surface area (Å²) in [4.78, 5) is 0. The van der Waals surface area contributed by atoms with Crippen molar-refractivity contribution in [3.63, 3.8) is 0 Å². The minimum Gasteiger partial charge on any atom is -0.507 e. The van der Waals surface area contributed by atoms with Gasteiger partial charge in [0.15, 0.2) is 0 Å². The predicted molar refractivity (Wildman–Crippen MR) is 105 cm³/mol. The Kier molecular flexibility index (Phi) is 7.88. The van der Waals surface area contributed by atoms with Crippen LogP contribution in [0, 0.1) is 0 Å². The second-order valence-corrected chi connectivity index (χ2v) is 6.73. The molecule has 0 radical (unpaired) electrons. The van der Waals surface area contributed by atoms with E-state index in [1.807, 2.05) is 12.1 Å². The molecule has 0 saturated carbocycles. The molecule has 1 nitrogen and oxygen atoms in total. The predicted octanol–water partition coefficient (Wildman–Crippen LogP) is 6.91. The molecule has 0 amide bonds. The molecule has 0 aromatic heterocycles. The lowest BCUT2D eigenvalue weighted by atomic mass is 9.89. The molecule has 2 rings (SSSR count). The first-order chi connectivity index (χ1) is 11.8. The molecule has 0 atom stereocenters. The molecule has 2 aromatic rings. The molecule has 0 heterocycles. The molecule has 2 aromatic carbocycles. The number of hydrogen-bond acceptors (Lipinski definition) is 1. The summed E-state index contributed by atoms with van der Waals surface area (Å²) in [5.41, 5.74) is 4.98. The van der Waals surface area contributed by atoms with Crippen LogP contribution in [0.3, 0.4) is 0 Å². The van der Waals surface area contributed by atoms with Gasteiger partial charge < -0.3 is 5.11 Å². The first-order valence-electron chi connectivity index (χ1n) is 9.67. The number of rotatable bonds is 10. The van der Waals surface area contributed by atoms with Crippen LogP contribution < -0.4 is 0 Å². The van der Waals surface area contributed by atoms with E-state index < -0.39 is 0 Å². The van der Waals surface area contributed by atoms with Gasteiger partial charge in [0, 0.05) is 5.56 Å². The normalized spacial score (nSPS) is 10.9. The molecule has 24 heavy (non-hydrogen) atoms. The largest absolute Gasteiger partial charge is 0.507 e. The van der Waals surface area contributed by atoms with E-state index in [0.717, 1.165) is 24.0 Å². The summed E-state index contributed by atoms with van der Waals surface area (Å²) in [5, 5.41) is 10.5. The topological polar surface area (TPSA) is 20.2 Å². The van der Waals surface area contributed by atoms with Crippen LogP contribution in [0.15, 0.2) is 42.5 Å². The Morgan fingerprint density at radius 3 is 2.12 bits per heavy atom. The van der Waals surface area contributed by atoms with E-state index in [2.05, 4.69) is 44.2 Å². The minimum absolute atomic E-state index is 0.421. The van der Waals surface area contributed by atoms with E-state index >= 15 is 0 Å². The molecular weight excluding hydrogens is 292 g/mol. The second-order valence-electron chi connectivity index (χ2n) is 6.73. The second kappa shape index (κ2) is 10.2. The Labute approximate surface area is 147 Å². The van der Waals surface area contributed by atoms with Gasteiger partial charge in [-0.25, -0.2) is 0 Å². The fraction of sp³-hybridized carbons (Fsp3) is 0.478. The average molecular weight is 325 g/mol. The van der Waals surface area contributed by atoms with Crippen molar-refractivity contribution in [3.8, 4) is 16.9 Å². The Morgan fingerprint density at radius 1 is 0.708 bits per heavy atom. The van der Waals surface area contributed by atoms with Crippen molar-refractivity contribution in [2.24, 2.45) is 0 Å². The molecule has 1 heteroatoms. The van der Waals surface area contributed by atoms with Gasteiger partial charge in [-0.1, -0.05) is 82.3 Å². The fourth-order valence-corrected chi connectivity index (χ4v) is 3.40. The van der Waals surface area contributed by atoms with E-state index in [1.54, 1.807) is 0 Å². The van der Waals surface area contributed by atoms with Gasteiger partial charge in [0.25, 0.3) is 0 Å². The molecule has 1 N–H and O–H groups in total. The minimum atomic E-state index is 0.421. The number of benzene rings is 2. The van der Waals surface area contributed by atoms with Crippen molar-refractivity contribution in [2.75, 3.05) is 0 Å². The number of aromatic hydroxyl groups is 1. The van der Waals surface area contributed by atoms with Crippen LogP contribution in [0.4, 0.5) is 0 Å². The molecule has 0 aliphatic rings. The van der Waals surface area contributed by atoms with Crippen LogP contribution in [-0.2, 0) is 12.8 Å². The summed E-state index contributed by atoms with van der Waals surface area (Å²) in [6.07, 6.45) is 11.0. The zero-order valence-electron chi connectivity index (χ0n) is 15.4. The molecule has 0 fully saturated rings. The third-order valence-corrected chi connectivity index (χ3v) is 4.78. The van der Waals surface area contributed by atoms with Crippen molar-refractivity contribution in [1.29, 1.82) is 0 Å². The lowest BCUT2D eigenvalue weighted by Crippen LogP contribution is -1.99. The van der Waals surface area contributed by atoms with Gasteiger partial charge in [0.05, 0.1) is 0 Å². The Morgan fingerprint density at radius 2 is 1.42 bits per heavy atom. The molecule has 130 valence electrons. The van der Waals surface area contributed by atoms with E-state index in [0.29, 0.717) is 5.75 Å². The van der Waals surface area contributed by atoms with Gasteiger partial charge in [-0.15, -0.1) is 0 Å². The molecule has 0 saturated heterocycles. The van der Waals surface area contributed by atoms with E-state index in [-0.39, 0.29) is 0 Å². The van der Waals surface area contributed by atoms with Gasteiger partial charge in [-0.05, 0) is 48.4 Å². The highest BCUT2D eigenvalue weighted by molar-refractivity contribution is 5.75. The Balaban J connectivity index is 2.29. The van der Waals surface area contributed by atoms with Crippen LogP contribution in [0.1, 0.15) is 69.9 Å². The molecule has 0 aliphatic heterocycles. The summed E-state index contributed by atoms with van der Waals surface area (Å²) in [6, 6.07) is 14.4. The molecule has 0 aliphatic carbocycles. The van der Waals surface area contributed by atoms with Crippen LogP contribution in [0.5, 0.6) is 5.75 Å². The van der Waals surface area contributed by atoms with Gasteiger partial charge >= 0.3 is 0 Å². The maximum atomic E-state index is 10.5. The molecule has 0 bridgehead atoms. The van der Waals surface area contributed by atoms with Crippen molar-refractivity contribution in [1.82, 2.24) is 0 Å². The van der Waals surface area contributed by atoms with Crippen LogP contribution >= 0.6 is 0 Å². The summed E-state index contributed by atoms with van der Waals surface area (Å²) in [5.74, 6) is 0.421. The van der Waals surface area contributed by atoms with Gasteiger partial charge in [-0.3, -0.25) is 0 Å². The third kappa shape index (κ3) is 5.12. The highest BCUT2D eigenvalue weighted by Gasteiger charge is 2.14. The third-order valence-electron chi connectivity index (χ3n) is 4.78. The summed E-state index contributed by atoms with van der Waals surface area (Å²) in [7, 11) is 0. The number of phenolic OH excluding ortho intramolecular Hbond substituents is 1. The van der Waals surface area contributed by atoms with E-state index in [4.69, 9.17) is 0 Å². The van der Waals surface area contributed by atoms with Crippen molar-refractivity contribution in [3.05, 3.63) is 53.6 Å². The first-order valence-corrected chi connectivity index (χ1v) is 9.67. The Hall–Kier alpha value is -1.76. The SMILES string of the molecule is CCCCCCCc1c(CCCC)ccc(O)c1-c1ccccc1. The smallest absolute Gasteiger partial charge is 0.123 e. The average Bonchev–Trinajstić information content (AvgIpc) is 2.61. The monoisotopic (exact) mass is 324 g/mol. The lowest BCUT2D eigenvalue weighted by molar-refractivity contribution is 0.476. The molecule has 0 unspecified atom stereocenters. The highest BCUT2D eigenvalue weighted by Crippen LogP contribution is 2.36. The Bertz CT molecular complexity index is 601. The number of phenols is 1. The number of aryl methyl sites for hydroxylation is 1. The highest BCUT2D eigenvalue weighted by atomic mass is 16.3. The quantitative estimate of drug-likeness (QED) is 0.470. The van der Waals surface area contributed by atoms with Crippen molar-refractivity contribution >= 4 is 0 Å². The standard InChI is InChI=1S/C23H32O/c1-3-5-7-8-12-16-21-19(13-6-4-2)17-18-22(24)23(21)20-14-10-9-11-15-20/h9-11,14-15,17-18,24H,3-8,12-13,16H2,1-2H3. The maximum absolute atomic E-state index is 10.5. The van der Waals surface area contributed by atoms with Crippen molar-refractivity contribution in [2.45, 2.75) is 71.6 Å². The van der Waals surface area contributed by atoms with Crippen molar-refractivity contribution < 1.29 is 5.11 Å². The van der Waals surface area contributed by atoms with Crippen LogP contribution in [0.25, 0.3) is 11.1 Å². The summed E-state index contributed by atoms with van der Waals surface area (Å²) in [6.45, 7) is 4.49. The fourth-order valence-electron chi connectivity index (χ4n) is 3.40. The van der Waals surface area contributed by atoms with Gasteiger partial charge in [-0.2, -0.15) is 0 Å². The van der Waals surface area contributed by atoms with Crippen LogP contribution in [0.2, 0.25) is 0 Å². The number of unbranched alkanes of at least 4 members (excludes halogenated alkanes) is 5. The van der Waals surface area contributed by atoms with Crippen LogP contribution in [-0.4, -0.2) is 5.11 Å². The van der Waals surface area contributed by atoms with E-state index in [9.17, 15) is 5.11 Å². The molecular formula is C23H32O. The zero-order chi connectivity index (χ0) is 17.2. The summed E-state index contributed by atoms with van der Waals surface area (Å²) >= 11 is 0. The first kappa shape index (κ1) is 18.6. The lowest BCUT2D eigenvalue weighted by Gasteiger charge is -2.17. The number of hydrogen-bond donors (Lipinski definition) is 1. The van der Waals surface area contributed by atoms with Gasteiger partial charge in [0.2, 0.25) is 0 Å². The zero-order valence-corrected chi connectivity index (χ0v) is 15.4. The maximum Gasteiger partial charge on any atom is 0.123 e. The molecule has 0 spiro atoms. The van der Waals surface area contributed by atoms with Gasteiger partial charge in [0.1, 0.15) is 5.75 Å².